The summed E-state index contributed by atoms with van der Waals surface area (Å²) >= 11 is 0. The highest BCUT2D eigenvalue weighted by atomic mass is 15.0. The fraction of sp³-hybridized carbons (Fsp3) is 0. The van der Waals surface area contributed by atoms with E-state index in [9.17, 15) is 10.5 Å². The minimum absolute atomic E-state index is 0.541. The Hall–Kier alpha value is -6.95. The van der Waals surface area contributed by atoms with Gasteiger partial charge in [-0.2, -0.15) is 10.5 Å². The third-order valence-electron chi connectivity index (χ3n) is 9.27. The van der Waals surface area contributed by atoms with Gasteiger partial charge < -0.3 is 9.13 Å². The Kier molecular flexibility index (Phi) is 6.18. The Morgan fingerprint density at radius 1 is 0.438 bits per heavy atom. The maximum Gasteiger partial charge on any atom is 0.0992 e. The Labute approximate surface area is 276 Å². The first-order chi connectivity index (χ1) is 23.7. The molecule has 6 aromatic carbocycles. The van der Waals surface area contributed by atoms with Crippen LogP contribution < -0.4 is 0 Å². The van der Waals surface area contributed by atoms with Crippen LogP contribution in [0.4, 0.5) is 0 Å². The number of rotatable bonds is 4. The lowest BCUT2D eigenvalue weighted by Gasteiger charge is -2.22. The lowest BCUT2D eigenvalue weighted by atomic mass is 9.92. The summed E-state index contributed by atoms with van der Waals surface area (Å²) in [6.45, 7) is 0. The zero-order valence-corrected chi connectivity index (χ0v) is 25.7. The van der Waals surface area contributed by atoms with Crippen molar-refractivity contribution in [2.75, 3.05) is 0 Å². The van der Waals surface area contributed by atoms with Gasteiger partial charge in [0.2, 0.25) is 0 Å². The molecule has 0 radical (unpaired) electrons. The van der Waals surface area contributed by atoms with Crippen LogP contribution in [0.2, 0.25) is 0 Å². The van der Waals surface area contributed by atoms with Gasteiger partial charge in [-0.25, -0.2) is 0 Å². The van der Waals surface area contributed by atoms with Crippen molar-refractivity contribution in [1.82, 2.24) is 14.1 Å². The maximum atomic E-state index is 10.4. The molecule has 0 bridgehead atoms. The smallest absolute Gasteiger partial charge is 0.0992 e. The molecule has 0 unspecified atom stereocenters. The number of para-hydroxylation sites is 4. The molecule has 5 nitrogen and oxygen atoms in total. The average Bonchev–Trinajstić information content (AvgIpc) is 3.67. The fourth-order valence-electron chi connectivity index (χ4n) is 7.26. The summed E-state index contributed by atoms with van der Waals surface area (Å²) < 4.78 is 4.58. The molecule has 48 heavy (non-hydrogen) atoms. The zero-order valence-electron chi connectivity index (χ0n) is 25.7. The molecular formula is C43H25N5. The van der Waals surface area contributed by atoms with Crippen molar-refractivity contribution in [3.8, 4) is 45.8 Å². The number of benzene rings is 6. The van der Waals surface area contributed by atoms with E-state index in [2.05, 4.69) is 111 Å². The molecule has 0 fully saturated rings. The number of pyridine rings is 1. The molecule has 5 heteroatoms. The lowest BCUT2D eigenvalue weighted by Crippen LogP contribution is -2.04. The first-order valence-electron chi connectivity index (χ1n) is 15.8. The Morgan fingerprint density at radius 3 is 1.44 bits per heavy atom. The van der Waals surface area contributed by atoms with E-state index in [0.29, 0.717) is 11.1 Å². The number of hydrogen-bond donors (Lipinski definition) is 0. The first-order valence-corrected chi connectivity index (χ1v) is 15.8. The fourth-order valence-corrected chi connectivity index (χ4v) is 7.26. The van der Waals surface area contributed by atoms with Crippen LogP contribution in [0, 0.1) is 22.7 Å². The van der Waals surface area contributed by atoms with Gasteiger partial charge in [0.1, 0.15) is 0 Å². The van der Waals surface area contributed by atoms with Crippen molar-refractivity contribution >= 4 is 43.6 Å². The van der Waals surface area contributed by atoms with Crippen molar-refractivity contribution in [2.45, 2.75) is 0 Å². The molecule has 0 spiro atoms. The molecule has 0 saturated heterocycles. The molecule has 222 valence electrons. The molecule has 3 aromatic heterocycles. The van der Waals surface area contributed by atoms with Crippen molar-refractivity contribution < 1.29 is 0 Å². The standard InChI is InChI=1S/C43H25N5/c44-26-28-17-18-35(42(25-28)47-38-13-5-1-9-31(38)32-10-2-6-14-39(32)47)37-24-29(27-45)23-36(30-19-21-46-22-20-30)43(37)48-40-15-7-3-11-33(40)34-12-4-8-16-41(34)48/h1-25H. The van der Waals surface area contributed by atoms with Crippen LogP contribution in [0.3, 0.4) is 0 Å². The summed E-state index contributed by atoms with van der Waals surface area (Å²) in [5.74, 6) is 0. The van der Waals surface area contributed by atoms with E-state index in [1.54, 1.807) is 12.4 Å². The van der Waals surface area contributed by atoms with Gasteiger partial charge in [-0.3, -0.25) is 4.98 Å². The molecule has 3 heterocycles. The summed E-state index contributed by atoms with van der Waals surface area (Å²) in [7, 11) is 0. The Morgan fingerprint density at radius 2 is 0.917 bits per heavy atom. The predicted molar refractivity (Wildman–Crippen MR) is 193 cm³/mol. The quantitative estimate of drug-likeness (QED) is 0.199. The first kappa shape index (κ1) is 27.4. The van der Waals surface area contributed by atoms with Gasteiger partial charge in [0.05, 0.1) is 56.7 Å². The van der Waals surface area contributed by atoms with E-state index < -0.39 is 0 Å². The molecule has 0 aliphatic carbocycles. The second kappa shape index (κ2) is 10.8. The summed E-state index contributed by atoms with van der Waals surface area (Å²) in [4.78, 5) is 4.31. The van der Waals surface area contributed by atoms with Crippen molar-refractivity contribution in [3.63, 3.8) is 0 Å². The van der Waals surface area contributed by atoms with Crippen LogP contribution >= 0.6 is 0 Å². The monoisotopic (exact) mass is 611 g/mol. The van der Waals surface area contributed by atoms with Crippen molar-refractivity contribution in [2.24, 2.45) is 0 Å². The molecule has 9 aromatic rings. The highest BCUT2D eigenvalue weighted by Gasteiger charge is 2.24. The number of nitrogens with zero attached hydrogens (tertiary/aromatic N) is 5. The van der Waals surface area contributed by atoms with E-state index in [-0.39, 0.29) is 0 Å². The van der Waals surface area contributed by atoms with Gasteiger partial charge in [0, 0.05) is 50.6 Å². The van der Waals surface area contributed by atoms with Crippen LogP contribution in [0.1, 0.15) is 11.1 Å². The molecule has 0 amide bonds. The van der Waals surface area contributed by atoms with Crippen molar-refractivity contribution in [3.05, 3.63) is 163 Å². The molecule has 0 aliphatic heterocycles. The normalized spacial score (nSPS) is 11.3. The topological polar surface area (TPSA) is 70.3 Å². The largest absolute Gasteiger partial charge is 0.309 e. The molecule has 0 saturated carbocycles. The van der Waals surface area contributed by atoms with E-state index in [1.165, 1.54) is 0 Å². The summed E-state index contributed by atoms with van der Waals surface area (Å²) in [6.07, 6.45) is 3.57. The second-order valence-electron chi connectivity index (χ2n) is 11.9. The minimum atomic E-state index is 0.541. The average molecular weight is 612 g/mol. The molecule has 0 atom stereocenters. The van der Waals surface area contributed by atoms with Gasteiger partial charge in [-0.05, 0) is 66.2 Å². The lowest BCUT2D eigenvalue weighted by molar-refractivity contribution is 1.16. The Balaban J connectivity index is 1.49. The molecule has 0 aliphatic rings. The van der Waals surface area contributed by atoms with Gasteiger partial charge in [0.25, 0.3) is 0 Å². The van der Waals surface area contributed by atoms with E-state index in [1.807, 2.05) is 54.6 Å². The van der Waals surface area contributed by atoms with E-state index >= 15 is 0 Å². The van der Waals surface area contributed by atoms with Gasteiger partial charge in [-0.15, -0.1) is 0 Å². The van der Waals surface area contributed by atoms with Crippen LogP contribution in [0.5, 0.6) is 0 Å². The number of hydrogen-bond acceptors (Lipinski definition) is 3. The third-order valence-corrected chi connectivity index (χ3v) is 9.27. The summed E-state index contributed by atoms with van der Waals surface area (Å²) in [5, 5.41) is 25.2. The maximum absolute atomic E-state index is 10.4. The molecule has 9 rings (SSSR count). The van der Waals surface area contributed by atoms with Crippen LogP contribution in [0.25, 0.3) is 77.2 Å². The van der Waals surface area contributed by atoms with E-state index in [4.69, 9.17) is 0 Å². The highest BCUT2D eigenvalue weighted by molar-refractivity contribution is 6.12. The van der Waals surface area contributed by atoms with Gasteiger partial charge >= 0.3 is 0 Å². The highest BCUT2D eigenvalue weighted by Crippen LogP contribution is 2.44. The predicted octanol–water partition coefficient (Wildman–Crippen LogP) is 10.4. The van der Waals surface area contributed by atoms with Crippen LogP contribution in [-0.4, -0.2) is 14.1 Å². The minimum Gasteiger partial charge on any atom is -0.309 e. The van der Waals surface area contributed by atoms with Crippen LogP contribution in [-0.2, 0) is 0 Å². The summed E-state index contributed by atoms with van der Waals surface area (Å²) in [6, 6.07) is 52.3. The number of aromatic nitrogens is 3. The number of fused-ring (bicyclic) bond motifs is 6. The summed E-state index contributed by atoms with van der Waals surface area (Å²) in [5.41, 5.74) is 10.8. The van der Waals surface area contributed by atoms with Crippen LogP contribution in [0.15, 0.2) is 152 Å². The van der Waals surface area contributed by atoms with E-state index in [0.717, 1.165) is 77.2 Å². The van der Waals surface area contributed by atoms with Gasteiger partial charge in [-0.1, -0.05) is 78.9 Å². The van der Waals surface area contributed by atoms with Gasteiger partial charge in [0.15, 0.2) is 0 Å². The second-order valence-corrected chi connectivity index (χ2v) is 11.9. The third kappa shape index (κ3) is 4.06. The SMILES string of the molecule is N#Cc1cc(-c2ccncc2)c(-n2c3ccccc3c3ccccc32)c(-c2ccc(C#N)cc2-n2c3ccccc3c3ccccc32)c1. The number of nitriles is 2. The zero-order chi connectivity index (χ0) is 32.2. The van der Waals surface area contributed by atoms with Crippen molar-refractivity contribution in [1.29, 1.82) is 10.5 Å². The Bertz CT molecular complexity index is 2700. The molecule has 0 N–H and O–H groups in total. The molecular weight excluding hydrogens is 587 g/mol.